The number of nitro groups is 1. The molecule has 2 rings (SSSR count). The molecule has 0 spiro atoms. The molecule has 3 N–H and O–H groups in total. The lowest BCUT2D eigenvalue weighted by Crippen LogP contribution is -2.14. The lowest BCUT2D eigenvalue weighted by atomic mass is 10.3. The Hall–Kier alpha value is -1.38. The molecule has 2 heterocycles. The minimum Gasteiger partial charge on any atom is -0.377 e. The summed E-state index contributed by atoms with van der Waals surface area (Å²) in [7, 11) is 0. The molecule has 0 bridgehead atoms. The van der Waals surface area contributed by atoms with E-state index in [1.807, 2.05) is 6.92 Å². The van der Waals surface area contributed by atoms with E-state index < -0.39 is 4.92 Å². The number of hydrogen-bond acceptors (Lipinski definition) is 7. The number of hydrogen-bond donors (Lipinski definition) is 2. The van der Waals surface area contributed by atoms with Crippen molar-refractivity contribution in [1.29, 1.82) is 0 Å². The predicted molar refractivity (Wildman–Crippen MR) is 68.4 cm³/mol. The fraction of sp³-hybridized carbons (Fsp3) is 0.500. The largest absolute Gasteiger partial charge is 0.377 e. The second kappa shape index (κ2) is 5.51. The average Bonchev–Trinajstić information content (AvgIpc) is 2.74. The summed E-state index contributed by atoms with van der Waals surface area (Å²) in [6, 6.07) is 2.76. The van der Waals surface area contributed by atoms with Gasteiger partial charge in [0.25, 0.3) is 5.69 Å². The molecule has 18 heavy (non-hydrogen) atoms. The molecule has 0 saturated carbocycles. The standard InChI is InChI=1S/C10H14N4O3S/c1-6-8(2-3-17-6)18-10-5-7(14(15)16)4-9(12-10)13-11/h4-6,8H,2-3,11H2,1H3,(H,12,13). The summed E-state index contributed by atoms with van der Waals surface area (Å²) >= 11 is 1.48. The SMILES string of the molecule is CC1OCCC1Sc1cc([N+](=O)[O-])cc(NN)n1. The first-order valence-corrected chi connectivity index (χ1v) is 6.39. The Morgan fingerprint density at radius 1 is 1.67 bits per heavy atom. The van der Waals surface area contributed by atoms with Crippen LogP contribution >= 0.6 is 11.8 Å². The van der Waals surface area contributed by atoms with Gasteiger partial charge in [0.05, 0.1) is 17.1 Å². The molecule has 1 aliphatic heterocycles. The van der Waals surface area contributed by atoms with Crippen LogP contribution in [0.4, 0.5) is 11.5 Å². The molecule has 0 amide bonds. The van der Waals surface area contributed by atoms with Gasteiger partial charge in [0.2, 0.25) is 0 Å². The Morgan fingerprint density at radius 2 is 2.44 bits per heavy atom. The Morgan fingerprint density at radius 3 is 3.00 bits per heavy atom. The van der Waals surface area contributed by atoms with Crippen LogP contribution in [0.25, 0.3) is 0 Å². The molecule has 8 heteroatoms. The molecule has 1 aliphatic rings. The number of nitrogens with one attached hydrogen (secondary N) is 1. The van der Waals surface area contributed by atoms with Crippen LogP contribution in [0.3, 0.4) is 0 Å². The highest BCUT2D eigenvalue weighted by Gasteiger charge is 2.26. The van der Waals surface area contributed by atoms with E-state index in [1.54, 1.807) is 0 Å². The number of pyridine rings is 1. The molecular formula is C10H14N4O3S. The second-order valence-electron chi connectivity index (χ2n) is 3.97. The maximum atomic E-state index is 10.8. The van der Waals surface area contributed by atoms with Gasteiger partial charge >= 0.3 is 0 Å². The Kier molecular flexibility index (Phi) is 4.00. The molecule has 1 aromatic heterocycles. The summed E-state index contributed by atoms with van der Waals surface area (Å²) in [5.74, 6) is 5.54. The van der Waals surface area contributed by atoms with Crippen molar-refractivity contribution < 1.29 is 9.66 Å². The molecule has 0 aliphatic carbocycles. The van der Waals surface area contributed by atoms with Crippen molar-refractivity contribution >= 4 is 23.3 Å². The smallest absolute Gasteiger partial charge is 0.275 e. The van der Waals surface area contributed by atoms with Crippen molar-refractivity contribution in [2.45, 2.75) is 29.7 Å². The van der Waals surface area contributed by atoms with Crippen molar-refractivity contribution in [3.63, 3.8) is 0 Å². The Bertz CT molecular complexity index is 457. The fourth-order valence-electron chi connectivity index (χ4n) is 1.75. The van der Waals surface area contributed by atoms with E-state index in [1.165, 1.54) is 23.9 Å². The molecule has 1 saturated heterocycles. The first-order valence-electron chi connectivity index (χ1n) is 5.51. The van der Waals surface area contributed by atoms with Crippen LogP contribution < -0.4 is 11.3 Å². The third-order valence-corrected chi connectivity index (χ3v) is 4.10. The molecule has 0 radical (unpaired) electrons. The van der Waals surface area contributed by atoms with Crippen LogP contribution in [0.5, 0.6) is 0 Å². The summed E-state index contributed by atoms with van der Waals surface area (Å²) in [6.07, 6.45) is 1.05. The zero-order chi connectivity index (χ0) is 13.1. The average molecular weight is 270 g/mol. The summed E-state index contributed by atoms with van der Waals surface area (Å²) in [5.41, 5.74) is 2.32. The zero-order valence-electron chi connectivity index (χ0n) is 9.83. The van der Waals surface area contributed by atoms with E-state index in [2.05, 4.69) is 10.4 Å². The third kappa shape index (κ3) is 2.89. The first kappa shape index (κ1) is 13.1. The molecule has 7 nitrogen and oxygen atoms in total. The highest BCUT2D eigenvalue weighted by atomic mass is 32.2. The van der Waals surface area contributed by atoms with E-state index >= 15 is 0 Å². The lowest BCUT2D eigenvalue weighted by Gasteiger charge is -2.13. The molecular weight excluding hydrogens is 256 g/mol. The Balaban J connectivity index is 2.21. The third-order valence-electron chi connectivity index (χ3n) is 2.72. The van der Waals surface area contributed by atoms with Crippen molar-refractivity contribution in [2.75, 3.05) is 12.0 Å². The van der Waals surface area contributed by atoms with E-state index in [-0.39, 0.29) is 17.0 Å². The number of anilines is 1. The van der Waals surface area contributed by atoms with Gasteiger partial charge in [0, 0.05) is 17.9 Å². The van der Waals surface area contributed by atoms with E-state index in [0.29, 0.717) is 10.8 Å². The molecule has 2 unspecified atom stereocenters. The van der Waals surface area contributed by atoms with E-state index in [0.717, 1.165) is 13.0 Å². The summed E-state index contributed by atoms with van der Waals surface area (Å²) in [4.78, 5) is 14.5. The number of aromatic nitrogens is 1. The van der Waals surface area contributed by atoms with Crippen molar-refractivity contribution in [3.05, 3.63) is 22.2 Å². The van der Waals surface area contributed by atoms with E-state index in [4.69, 9.17) is 10.6 Å². The maximum Gasteiger partial charge on any atom is 0.275 e. The summed E-state index contributed by atoms with van der Waals surface area (Å²) in [6.45, 7) is 2.71. The minimum atomic E-state index is -0.457. The normalized spacial score (nSPS) is 23.0. The highest BCUT2D eigenvalue weighted by Crippen LogP contribution is 2.33. The van der Waals surface area contributed by atoms with Crippen LogP contribution in [0.15, 0.2) is 17.2 Å². The van der Waals surface area contributed by atoms with Crippen LogP contribution in [0.1, 0.15) is 13.3 Å². The van der Waals surface area contributed by atoms with Crippen LogP contribution in [-0.4, -0.2) is 27.9 Å². The fourth-order valence-corrected chi connectivity index (χ4v) is 2.89. The van der Waals surface area contributed by atoms with Gasteiger partial charge in [-0.3, -0.25) is 10.1 Å². The van der Waals surface area contributed by atoms with Crippen molar-refractivity contribution in [2.24, 2.45) is 5.84 Å². The van der Waals surface area contributed by atoms with Gasteiger partial charge in [-0.15, -0.1) is 0 Å². The zero-order valence-corrected chi connectivity index (χ0v) is 10.6. The van der Waals surface area contributed by atoms with Gasteiger partial charge in [-0.25, -0.2) is 10.8 Å². The van der Waals surface area contributed by atoms with Crippen molar-refractivity contribution in [3.8, 4) is 0 Å². The quantitative estimate of drug-likeness (QED) is 0.486. The molecule has 0 aromatic carbocycles. The number of nitrogens with two attached hydrogens (primary N) is 1. The van der Waals surface area contributed by atoms with Gasteiger partial charge in [-0.2, -0.15) is 0 Å². The minimum absolute atomic E-state index is 0.0213. The number of nitrogen functional groups attached to an aromatic ring is 1. The molecule has 2 atom stereocenters. The summed E-state index contributed by atoms with van der Waals surface area (Å²) < 4.78 is 5.45. The van der Waals surface area contributed by atoms with Crippen molar-refractivity contribution in [1.82, 2.24) is 4.98 Å². The number of thioether (sulfide) groups is 1. The number of nitrogens with zero attached hydrogens (tertiary/aromatic N) is 2. The second-order valence-corrected chi connectivity index (χ2v) is 5.23. The topological polar surface area (TPSA) is 103 Å². The van der Waals surface area contributed by atoms with Gasteiger partial charge in [-0.1, -0.05) is 11.8 Å². The van der Waals surface area contributed by atoms with E-state index in [9.17, 15) is 10.1 Å². The highest BCUT2D eigenvalue weighted by molar-refractivity contribution is 7.99. The lowest BCUT2D eigenvalue weighted by molar-refractivity contribution is -0.385. The van der Waals surface area contributed by atoms with Crippen LogP contribution in [0.2, 0.25) is 0 Å². The monoisotopic (exact) mass is 270 g/mol. The number of rotatable bonds is 4. The molecule has 98 valence electrons. The number of ether oxygens (including phenoxy) is 1. The van der Waals surface area contributed by atoms with Gasteiger partial charge in [0.1, 0.15) is 10.8 Å². The van der Waals surface area contributed by atoms with Gasteiger partial charge < -0.3 is 10.2 Å². The Labute approximate surface area is 108 Å². The number of hydrazine groups is 1. The first-order chi connectivity index (χ1) is 8.60. The predicted octanol–water partition coefficient (Wildman–Crippen LogP) is 1.54. The molecule has 1 fully saturated rings. The maximum absolute atomic E-state index is 10.8. The van der Waals surface area contributed by atoms with Gasteiger partial charge in [0.15, 0.2) is 0 Å². The van der Waals surface area contributed by atoms with Gasteiger partial charge in [-0.05, 0) is 13.3 Å². The molecule has 1 aromatic rings. The van der Waals surface area contributed by atoms with Crippen LogP contribution in [-0.2, 0) is 4.74 Å². The van der Waals surface area contributed by atoms with Crippen LogP contribution in [0, 0.1) is 10.1 Å². The summed E-state index contributed by atoms with van der Waals surface area (Å²) in [5, 5.41) is 11.6.